The van der Waals surface area contributed by atoms with E-state index in [0.717, 1.165) is 30.4 Å². The van der Waals surface area contributed by atoms with Crippen LogP contribution in [0.25, 0.3) is 16.7 Å². The molecule has 170 valence electrons. The van der Waals surface area contributed by atoms with Crippen LogP contribution in [0.15, 0.2) is 18.2 Å². The third-order valence-electron chi connectivity index (χ3n) is 6.58. The monoisotopic (exact) mass is 438 g/mol. The first kappa shape index (κ1) is 22.0. The molecule has 0 spiro atoms. The Morgan fingerprint density at radius 1 is 1.22 bits per heavy atom. The molecule has 0 radical (unpaired) electrons. The zero-order valence-electron chi connectivity index (χ0n) is 19.0. The van der Waals surface area contributed by atoms with E-state index in [1.165, 1.54) is 0 Å². The summed E-state index contributed by atoms with van der Waals surface area (Å²) >= 11 is 0. The number of carbonyl (C=O) groups excluding carboxylic acids is 1. The molecule has 0 atom stereocenters. The lowest BCUT2D eigenvalue weighted by molar-refractivity contribution is -0.0198. The van der Waals surface area contributed by atoms with E-state index in [1.807, 2.05) is 19.9 Å². The molecule has 1 aliphatic rings. The number of aromatic nitrogens is 2. The number of nitrogens with two attached hydrogens (primary N) is 2. The molecule has 5 N–H and O–H groups in total. The highest BCUT2D eigenvalue weighted by atomic mass is 16.5. The highest BCUT2D eigenvalue weighted by Gasteiger charge is 2.38. The summed E-state index contributed by atoms with van der Waals surface area (Å²) in [5.41, 5.74) is 15.7. The number of pyridine rings is 1. The average Bonchev–Trinajstić information content (AvgIpc) is 2.98. The molecule has 0 saturated heterocycles. The molecular formula is C24H30N4O4. The molecule has 1 aliphatic carbocycles. The number of phenolic OH excluding ortho intramolecular Hbond substituents is 1. The number of ether oxygens (including phenoxy) is 2. The van der Waals surface area contributed by atoms with E-state index in [-0.39, 0.29) is 22.5 Å². The lowest BCUT2D eigenvalue weighted by atomic mass is 9.70. The number of amides is 1. The third-order valence-corrected chi connectivity index (χ3v) is 6.58. The van der Waals surface area contributed by atoms with Crippen molar-refractivity contribution >= 4 is 22.8 Å². The quantitative estimate of drug-likeness (QED) is 0.518. The maximum atomic E-state index is 12.3. The Morgan fingerprint density at radius 3 is 2.53 bits per heavy atom. The minimum absolute atomic E-state index is 0.00955. The fraction of sp³-hybridized carbons (Fsp3) is 0.417. The molecule has 8 heteroatoms. The molecule has 8 nitrogen and oxygen atoms in total. The first-order valence-electron chi connectivity index (χ1n) is 10.7. The van der Waals surface area contributed by atoms with Crippen molar-refractivity contribution in [3.8, 4) is 17.3 Å². The van der Waals surface area contributed by atoms with E-state index >= 15 is 0 Å². The van der Waals surface area contributed by atoms with Crippen LogP contribution < -0.4 is 16.2 Å². The predicted molar refractivity (Wildman–Crippen MR) is 124 cm³/mol. The van der Waals surface area contributed by atoms with Crippen molar-refractivity contribution in [2.24, 2.45) is 11.1 Å². The number of primary amides is 1. The van der Waals surface area contributed by atoms with Crippen LogP contribution in [0.1, 0.15) is 46.3 Å². The van der Waals surface area contributed by atoms with Gasteiger partial charge in [0.2, 0.25) is 5.88 Å². The Morgan fingerprint density at radius 2 is 1.94 bits per heavy atom. The summed E-state index contributed by atoms with van der Waals surface area (Å²) in [4.78, 5) is 17.1. The number of aryl methyl sites for hydroxylation is 2. The third kappa shape index (κ3) is 3.44. The van der Waals surface area contributed by atoms with Crippen LogP contribution in [0.2, 0.25) is 0 Å². The van der Waals surface area contributed by atoms with Gasteiger partial charge in [-0.15, -0.1) is 0 Å². The number of anilines is 1. The molecule has 3 aromatic rings. The minimum atomic E-state index is -0.634. The summed E-state index contributed by atoms with van der Waals surface area (Å²) in [6, 6.07) is 5.26. The van der Waals surface area contributed by atoms with E-state index in [2.05, 4.69) is 0 Å². The van der Waals surface area contributed by atoms with Crippen molar-refractivity contribution in [3.05, 3.63) is 40.5 Å². The van der Waals surface area contributed by atoms with Gasteiger partial charge in [-0.1, -0.05) is 12.5 Å². The fourth-order valence-electron chi connectivity index (χ4n) is 4.64. The van der Waals surface area contributed by atoms with Crippen LogP contribution in [0.3, 0.4) is 0 Å². The van der Waals surface area contributed by atoms with Gasteiger partial charge < -0.3 is 26.0 Å². The average molecular weight is 439 g/mol. The first-order chi connectivity index (χ1) is 15.2. The molecule has 1 fully saturated rings. The van der Waals surface area contributed by atoms with Crippen molar-refractivity contribution in [2.45, 2.75) is 40.0 Å². The molecule has 1 saturated carbocycles. The first-order valence-corrected chi connectivity index (χ1v) is 10.7. The van der Waals surface area contributed by atoms with Gasteiger partial charge in [0, 0.05) is 29.0 Å². The molecule has 1 aromatic carbocycles. The van der Waals surface area contributed by atoms with Crippen LogP contribution in [0.4, 0.5) is 5.82 Å². The standard InChI is InChI=1S/C24H30N4O4/c1-13-6-7-17(29)15(3)19(13)28-20(25)18(21(26)30)16-10-14(2)23(27-22(16)28)32-12-24(11-31-4)8-5-9-24/h6-7,10,29H,5,8-9,11-12,25H2,1-4H3,(H2,26,30). The van der Waals surface area contributed by atoms with Crippen LogP contribution in [-0.4, -0.2) is 40.9 Å². The van der Waals surface area contributed by atoms with Crippen molar-refractivity contribution in [1.29, 1.82) is 0 Å². The number of rotatable bonds is 7. The lowest BCUT2D eigenvalue weighted by Crippen LogP contribution is -2.39. The molecule has 0 unspecified atom stereocenters. The number of hydrogen-bond acceptors (Lipinski definition) is 6. The van der Waals surface area contributed by atoms with Gasteiger partial charge in [0.05, 0.1) is 24.5 Å². The zero-order chi connectivity index (χ0) is 23.2. The van der Waals surface area contributed by atoms with Gasteiger partial charge in [-0.2, -0.15) is 4.98 Å². The van der Waals surface area contributed by atoms with Crippen molar-refractivity contribution in [3.63, 3.8) is 0 Å². The molecule has 0 bridgehead atoms. The molecule has 32 heavy (non-hydrogen) atoms. The second kappa shape index (κ2) is 8.02. The summed E-state index contributed by atoms with van der Waals surface area (Å²) in [6.45, 7) is 6.74. The largest absolute Gasteiger partial charge is 0.508 e. The topological polar surface area (TPSA) is 126 Å². The van der Waals surface area contributed by atoms with Gasteiger partial charge in [-0.05, 0) is 51.3 Å². The second-order valence-electron chi connectivity index (χ2n) is 8.89. The van der Waals surface area contributed by atoms with E-state index in [4.69, 9.17) is 25.9 Å². The lowest BCUT2D eigenvalue weighted by Gasteiger charge is -2.40. The zero-order valence-corrected chi connectivity index (χ0v) is 19.0. The summed E-state index contributed by atoms with van der Waals surface area (Å²) in [6.07, 6.45) is 3.27. The Hall–Kier alpha value is -3.26. The van der Waals surface area contributed by atoms with E-state index < -0.39 is 5.91 Å². The van der Waals surface area contributed by atoms with Crippen LogP contribution in [0.5, 0.6) is 11.6 Å². The molecule has 2 heterocycles. The van der Waals surface area contributed by atoms with Gasteiger partial charge in [0.25, 0.3) is 5.91 Å². The Labute approximate surface area is 187 Å². The van der Waals surface area contributed by atoms with E-state index in [0.29, 0.717) is 41.4 Å². The Kier molecular flexibility index (Phi) is 5.50. The summed E-state index contributed by atoms with van der Waals surface area (Å²) in [7, 11) is 1.70. The molecular weight excluding hydrogens is 408 g/mol. The smallest absolute Gasteiger partial charge is 0.253 e. The van der Waals surface area contributed by atoms with Crippen LogP contribution in [-0.2, 0) is 4.74 Å². The number of hydrogen-bond donors (Lipinski definition) is 3. The second-order valence-corrected chi connectivity index (χ2v) is 8.89. The van der Waals surface area contributed by atoms with Gasteiger partial charge in [0.1, 0.15) is 11.6 Å². The number of nitrogens with zero attached hydrogens (tertiary/aromatic N) is 2. The van der Waals surface area contributed by atoms with Gasteiger partial charge >= 0.3 is 0 Å². The van der Waals surface area contributed by atoms with Crippen LogP contribution in [0, 0.1) is 26.2 Å². The predicted octanol–water partition coefficient (Wildman–Crippen LogP) is 3.53. The summed E-state index contributed by atoms with van der Waals surface area (Å²) < 4.78 is 13.3. The summed E-state index contributed by atoms with van der Waals surface area (Å²) in [5.74, 6) is 0.154. The maximum Gasteiger partial charge on any atom is 0.253 e. The highest BCUT2D eigenvalue weighted by molar-refractivity contribution is 6.11. The van der Waals surface area contributed by atoms with E-state index in [9.17, 15) is 9.90 Å². The number of carbonyl (C=O) groups is 1. The number of aromatic hydroxyl groups is 1. The number of nitrogen functional groups attached to an aromatic ring is 1. The molecule has 2 aromatic heterocycles. The number of benzene rings is 1. The molecule has 1 amide bonds. The van der Waals surface area contributed by atoms with E-state index in [1.54, 1.807) is 30.7 Å². The van der Waals surface area contributed by atoms with Gasteiger partial charge in [-0.3, -0.25) is 9.36 Å². The maximum absolute atomic E-state index is 12.3. The Bertz CT molecular complexity index is 1210. The number of methoxy groups -OCH3 is 1. The summed E-state index contributed by atoms with van der Waals surface area (Å²) in [5, 5.41) is 10.9. The molecule has 4 rings (SSSR count). The fourth-order valence-corrected chi connectivity index (χ4v) is 4.64. The van der Waals surface area contributed by atoms with Crippen molar-refractivity contribution in [1.82, 2.24) is 9.55 Å². The van der Waals surface area contributed by atoms with Crippen molar-refractivity contribution < 1.29 is 19.4 Å². The van der Waals surface area contributed by atoms with Crippen molar-refractivity contribution in [2.75, 3.05) is 26.1 Å². The number of fused-ring (bicyclic) bond motifs is 1. The SMILES string of the molecule is COCC1(COc2nc3c(cc2C)c(C(N)=O)c(N)n3-c2c(C)ccc(O)c2C)CCC1. The van der Waals surface area contributed by atoms with Gasteiger partial charge in [0.15, 0.2) is 5.65 Å². The highest BCUT2D eigenvalue weighted by Crippen LogP contribution is 2.42. The number of phenols is 1. The molecule has 0 aliphatic heterocycles. The minimum Gasteiger partial charge on any atom is -0.508 e. The Balaban J connectivity index is 1.89. The van der Waals surface area contributed by atoms with Gasteiger partial charge in [-0.25, -0.2) is 0 Å². The normalized spacial score (nSPS) is 15.0. The van der Waals surface area contributed by atoms with Crippen LogP contribution >= 0.6 is 0 Å².